The molecule has 0 saturated carbocycles. The van der Waals surface area contributed by atoms with E-state index in [9.17, 15) is 20.7 Å². The van der Waals surface area contributed by atoms with Crippen LogP contribution in [0.25, 0.3) is 20.9 Å². The van der Waals surface area contributed by atoms with Crippen LogP contribution in [0.15, 0.2) is 253 Å². The number of benzene rings is 8. The molecule has 6 aliphatic heterocycles. The number of rotatable bonds is 38. The zero-order valence-corrected chi connectivity index (χ0v) is 69.2. The van der Waals surface area contributed by atoms with Gasteiger partial charge >= 0.3 is 30.0 Å². The van der Waals surface area contributed by atoms with E-state index < -0.39 is 190 Å². The average molecular weight is 1720 g/mol. The molecule has 25 atom stereocenters. The van der Waals surface area contributed by atoms with E-state index in [0.29, 0.717) is 28.7 Å². The summed E-state index contributed by atoms with van der Waals surface area (Å²) >= 11 is 0. The fourth-order valence-electron chi connectivity index (χ4n) is 16.0. The van der Waals surface area contributed by atoms with Crippen molar-refractivity contribution in [3.05, 3.63) is 308 Å². The van der Waals surface area contributed by atoms with Crippen molar-refractivity contribution in [3.63, 3.8) is 0 Å². The highest BCUT2D eigenvalue weighted by Gasteiger charge is 2.63. The number of esters is 4. The molecule has 0 radical (unpaired) electrons. The summed E-state index contributed by atoms with van der Waals surface area (Å²) in [5.41, 5.74) is 25.4. The van der Waals surface area contributed by atoms with Crippen LogP contribution >= 0.6 is 0 Å². The Morgan fingerprint density at radius 1 is 0.368 bits per heavy atom. The van der Waals surface area contributed by atoms with Gasteiger partial charge in [0.15, 0.2) is 55.9 Å². The molecule has 0 bridgehead atoms. The van der Waals surface area contributed by atoms with Gasteiger partial charge in [-0.3, -0.25) is 0 Å². The molecular formula is C92H99N7O26. The molecule has 0 aliphatic carbocycles. The number of alkyl carbamates (subject to hydrolysis) is 1. The monoisotopic (exact) mass is 1720 g/mol. The van der Waals surface area contributed by atoms with Gasteiger partial charge in [0.25, 0.3) is 0 Å². The molecule has 1 amide bonds. The maximum atomic E-state index is 15.1. The number of azide groups is 2. The largest absolute Gasteiger partial charge is 0.467 e. The van der Waals surface area contributed by atoms with Gasteiger partial charge in [-0.05, 0) is 81.6 Å². The number of ether oxygens (including phenoxy) is 21. The minimum absolute atomic E-state index is 0.0493. The molecule has 125 heavy (non-hydrogen) atoms. The van der Waals surface area contributed by atoms with Crippen LogP contribution < -0.4 is 5.32 Å². The lowest BCUT2D eigenvalue weighted by Crippen LogP contribution is -2.69. The summed E-state index contributed by atoms with van der Waals surface area (Å²) in [6.45, 7) is 2.63. The summed E-state index contributed by atoms with van der Waals surface area (Å²) < 4.78 is 140. The summed E-state index contributed by atoms with van der Waals surface area (Å²) in [5.74, 6) is -3.76. The third-order valence-electron chi connectivity index (χ3n) is 22.2. The summed E-state index contributed by atoms with van der Waals surface area (Å²) in [7, 11) is 3.58. The number of amides is 1. The molecule has 658 valence electrons. The van der Waals surface area contributed by atoms with E-state index in [1.165, 1.54) is 19.2 Å². The lowest BCUT2D eigenvalue weighted by atomic mass is 9.93. The van der Waals surface area contributed by atoms with E-state index in [0.717, 1.165) is 25.3 Å². The Kier molecular flexibility index (Phi) is 32.2. The lowest BCUT2D eigenvalue weighted by molar-refractivity contribution is -0.379. The molecule has 6 fully saturated rings. The van der Waals surface area contributed by atoms with Gasteiger partial charge in [0, 0.05) is 16.9 Å². The fourth-order valence-corrected chi connectivity index (χ4v) is 16.0. The number of hydrogen-bond acceptors (Lipinski definition) is 28. The zero-order chi connectivity index (χ0) is 87.0. The van der Waals surface area contributed by atoms with Crippen LogP contribution in [-0.4, -0.2) is 211 Å². The average Bonchev–Trinajstić information content (AvgIpc) is 1.72. The van der Waals surface area contributed by atoms with Crippen molar-refractivity contribution >= 4 is 30.0 Å². The summed E-state index contributed by atoms with van der Waals surface area (Å²) in [6.07, 6.45) is -33.4. The maximum absolute atomic E-state index is 15.1. The fraction of sp³-hybridized carbons (Fsp3) is 0.424. The normalized spacial score (nSPS) is 30.0. The molecule has 1 N–H and O–H groups in total. The van der Waals surface area contributed by atoms with Crippen LogP contribution in [0.4, 0.5) is 4.79 Å². The molecule has 6 saturated heterocycles. The minimum atomic E-state index is -1.96. The smallest absolute Gasteiger partial charge is 0.408 e. The third kappa shape index (κ3) is 22.6. The Morgan fingerprint density at radius 3 is 1.14 bits per heavy atom. The molecule has 8 aromatic rings. The van der Waals surface area contributed by atoms with Gasteiger partial charge in [0.1, 0.15) is 91.9 Å². The zero-order valence-electron chi connectivity index (χ0n) is 69.2. The van der Waals surface area contributed by atoms with Crippen molar-refractivity contribution in [3.8, 4) is 0 Å². The Balaban J connectivity index is 0.824. The number of carbonyl (C=O) groups is 5. The number of fused-ring (bicyclic) bond motifs is 1. The van der Waals surface area contributed by atoms with Gasteiger partial charge in [0.05, 0.1) is 77.2 Å². The topological polar surface area (TPSA) is 389 Å². The first kappa shape index (κ1) is 90.1. The first-order valence-electron chi connectivity index (χ1n) is 41.3. The van der Waals surface area contributed by atoms with Crippen LogP contribution in [0.1, 0.15) is 80.8 Å². The third-order valence-corrected chi connectivity index (χ3v) is 22.2. The first-order valence-corrected chi connectivity index (χ1v) is 41.3. The Hall–Kier alpha value is -11.1. The van der Waals surface area contributed by atoms with Crippen molar-refractivity contribution < 1.29 is 123 Å². The number of methoxy groups -OCH3 is 3. The van der Waals surface area contributed by atoms with E-state index in [4.69, 9.17) is 99.5 Å². The molecule has 6 heterocycles. The number of nitrogens with zero attached hydrogens (tertiary/aromatic N) is 6. The molecular weight excluding hydrogens is 1620 g/mol. The van der Waals surface area contributed by atoms with Crippen molar-refractivity contribution in [2.24, 2.45) is 10.2 Å². The highest BCUT2D eigenvalue weighted by molar-refractivity contribution is 5.90. The maximum Gasteiger partial charge on any atom is 0.408 e. The van der Waals surface area contributed by atoms with Crippen LogP contribution in [0, 0.1) is 0 Å². The van der Waals surface area contributed by atoms with Crippen molar-refractivity contribution in [2.45, 2.75) is 220 Å². The predicted molar refractivity (Wildman–Crippen MR) is 440 cm³/mol. The summed E-state index contributed by atoms with van der Waals surface area (Å²) in [6, 6.07) is 67.2. The van der Waals surface area contributed by atoms with E-state index in [-0.39, 0.29) is 57.2 Å². The molecule has 6 aliphatic rings. The summed E-state index contributed by atoms with van der Waals surface area (Å²) in [4.78, 5) is 80.0. The van der Waals surface area contributed by atoms with Gasteiger partial charge in [-0.1, -0.05) is 242 Å². The Labute approximate surface area is 721 Å². The molecule has 8 aromatic carbocycles. The van der Waals surface area contributed by atoms with Crippen molar-refractivity contribution in [1.82, 2.24) is 5.32 Å². The molecule has 33 heteroatoms. The van der Waals surface area contributed by atoms with E-state index in [1.807, 2.05) is 134 Å². The minimum Gasteiger partial charge on any atom is -0.467 e. The highest BCUT2D eigenvalue weighted by atomic mass is 16.8. The second kappa shape index (κ2) is 44.7. The van der Waals surface area contributed by atoms with E-state index >= 15 is 14.4 Å². The van der Waals surface area contributed by atoms with Crippen LogP contribution in [-0.2, 0) is 149 Å². The van der Waals surface area contributed by atoms with Gasteiger partial charge in [0.2, 0.25) is 0 Å². The molecule has 33 nitrogen and oxygen atoms in total. The second-order valence-corrected chi connectivity index (χ2v) is 30.2. The van der Waals surface area contributed by atoms with E-state index in [1.54, 1.807) is 110 Å². The van der Waals surface area contributed by atoms with Gasteiger partial charge in [-0.15, -0.1) is 0 Å². The Bertz CT molecular complexity index is 4840. The Morgan fingerprint density at radius 2 is 0.712 bits per heavy atom. The number of carbonyl (C=O) groups excluding carboxylic acids is 5. The van der Waals surface area contributed by atoms with Gasteiger partial charge in [-0.25, -0.2) is 24.0 Å². The number of nitrogens with one attached hydrogen (secondary N) is 1. The lowest BCUT2D eigenvalue weighted by Gasteiger charge is -2.51. The van der Waals surface area contributed by atoms with Crippen molar-refractivity contribution in [2.75, 3.05) is 27.9 Å². The van der Waals surface area contributed by atoms with Crippen LogP contribution in [0.3, 0.4) is 0 Å². The molecule has 10 unspecified atom stereocenters. The van der Waals surface area contributed by atoms with Crippen LogP contribution in [0.2, 0.25) is 0 Å². The standard InChI is InChI=1S/C92H99N7O26/c1-6-63-69(108-48-55-32-16-8-17-33-55)72(109-49-56-34-18-9-19-35-56)68(97-99-94)89(115-63)122-77-75(111-51-58-38-22-11-23-39-58)81(113-53-60-42-26-13-27-43-60)90(123-79(77)85(102)105-3)119-70-64(7-2)116-88(66-74(70)125-92(104)95-66)121-78-76(112-52-59-40-24-12-25-41-59)82(118-84(101)62-46-30-15-31-47-62)91(124-80(78)86(103)106-4)120-71-65(54-114-83(100)61-44-28-14-29-45-61)117-87(107-5)67(96-98-93)73(71)110-50-57-36-20-10-21-37-57/h8-47,63-82,87-91H,6-7,48-54H2,1-5H3,(H,95,104)/t63?,64?,65?,66-,67-,68?,69-,70+,71+,72-,73?,74?,75+,76+,77-,78+,79?,80?,81?,82?,87-,88-,89+,90+,91+/m0/s1. The van der Waals surface area contributed by atoms with E-state index in [2.05, 4.69) is 25.4 Å². The summed E-state index contributed by atoms with van der Waals surface area (Å²) in [5, 5.41) is 11.3. The SMILES string of the molecule is CCC1O[C@@H](O[C@H]2C(C(=O)OC)O[C@@H](O[C@@H]3C(COC(=O)c4ccccc4)O[C@H](OC)[C@@H](N=[N+]=[N-])C3OCc3ccccc3)C(OC(=O)c3ccccc3)[C@@H]2OCc2ccccc2)[C@H]2NC(=O)OC2[C@@H]1O[C@@H]1OC(C(=O)OC)[C@@H](O[C@H]2OC(CC)[C@H](OCc3ccccc3)[C@@H](OCc3ccccc3)C2N=[N+]=[N-])[C@@H](OCc2ccccc2)C1OCc1ccccc1. The molecule has 0 spiro atoms. The quantitative estimate of drug-likeness (QED) is 0.0123. The first-order chi connectivity index (χ1) is 61.2. The van der Waals surface area contributed by atoms with Gasteiger partial charge in [-0.2, -0.15) is 0 Å². The molecule has 14 rings (SSSR count). The number of hydrogen-bond donors (Lipinski definition) is 1. The van der Waals surface area contributed by atoms with Crippen LogP contribution in [0.5, 0.6) is 0 Å². The molecule has 0 aromatic heterocycles. The highest BCUT2D eigenvalue weighted by Crippen LogP contribution is 2.43. The second-order valence-electron chi connectivity index (χ2n) is 30.2. The van der Waals surface area contributed by atoms with Crippen molar-refractivity contribution in [1.29, 1.82) is 0 Å². The van der Waals surface area contributed by atoms with Gasteiger partial charge < -0.3 is 105 Å². The predicted octanol–water partition coefficient (Wildman–Crippen LogP) is 12.4.